The number of amides is 3. The summed E-state index contributed by atoms with van der Waals surface area (Å²) in [6.07, 6.45) is 1.94. The number of aryl methyl sites for hydroxylation is 1. The van der Waals surface area contributed by atoms with Crippen molar-refractivity contribution in [2.75, 3.05) is 12.4 Å². The second-order valence-corrected chi connectivity index (χ2v) is 11.2. The van der Waals surface area contributed by atoms with Gasteiger partial charge in [0.2, 0.25) is 0 Å². The van der Waals surface area contributed by atoms with E-state index in [0.717, 1.165) is 11.1 Å². The minimum absolute atomic E-state index is 0.103. The summed E-state index contributed by atoms with van der Waals surface area (Å²) in [4.78, 5) is 67.3. The van der Waals surface area contributed by atoms with Crippen LogP contribution in [0.1, 0.15) is 54.4 Å². The standard InChI is InChI=1S/C36H34N4O7/c1-20-28(37-21(2)31(20)34(43)40-30(36(46)47-3)17-23-12-8-5-9-13-23)19-26-25-18-24(14-15-27(25)38-33(26)42)32(41)39-29(35(44)45)16-22-10-6-4-7-11-22/h4-15,18-19,29-30,37H,16-17H2,1-3H3,(H,38,42)(H,39,41)(H,40,43)(H,44,45)/b26-19-/t29-,30+/m1/s1. The summed E-state index contributed by atoms with van der Waals surface area (Å²) < 4.78 is 4.93. The molecule has 0 saturated heterocycles. The van der Waals surface area contributed by atoms with Crippen LogP contribution >= 0.6 is 0 Å². The predicted molar refractivity (Wildman–Crippen MR) is 176 cm³/mol. The van der Waals surface area contributed by atoms with E-state index in [-0.39, 0.29) is 24.0 Å². The van der Waals surface area contributed by atoms with Gasteiger partial charge in [-0.1, -0.05) is 60.7 Å². The third-order valence-corrected chi connectivity index (χ3v) is 8.02. The van der Waals surface area contributed by atoms with E-state index in [1.807, 2.05) is 36.4 Å². The molecule has 47 heavy (non-hydrogen) atoms. The molecule has 0 radical (unpaired) electrons. The molecule has 11 heteroatoms. The van der Waals surface area contributed by atoms with Crippen LogP contribution in [-0.2, 0) is 32.0 Å². The molecule has 240 valence electrons. The zero-order valence-corrected chi connectivity index (χ0v) is 26.0. The molecule has 1 aliphatic heterocycles. The number of methoxy groups -OCH3 is 1. The number of hydrogen-bond donors (Lipinski definition) is 5. The number of carbonyl (C=O) groups is 5. The molecule has 2 atom stereocenters. The number of esters is 1. The Morgan fingerprint density at radius 1 is 0.851 bits per heavy atom. The van der Waals surface area contributed by atoms with E-state index in [4.69, 9.17) is 4.74 Å². The van der Waals surface area contributed by atoms with E-state index < -0.39 is 41.7 Å². The molecule has 3 amide bonds. The highest BCUT2D eigenvalue weighted by molar-refractivity contribution is 6.35. The van der Waals surface area contributed by atoms with Gasteiger partial charge in [0.05, 0.1) is 18.2 Å². The van der Waals surface area contributed by atoms with Crippen molar-refractivity contribution in [2.24, 2.45) is 0 Å². The Morgan fingerprint density at radius 3 is 2.04 bits per heavy atom. The van der Waals surface area contributed by atoms with Crippen LogP contribution in [0, 0.1) is 13.8 Å². The summed E-state index contributed by atoms with van der Waals surface area (Å²) in [5.41, 5.74) is 4.87. The van der Waals surface area contributed by atoms with Crippen molar-refractivity contribution in [3.05, 3.63) is 124 Å². The lowest BCUT2D eigenvalue weighted by Crippen LogP contribution is -2.43. The molecule has 0 unspecified atom stereocenters. The monoisotopic (exact) mass is 634 g/mol. The van der Waals surface area contributed by atoms with Gasteiger partial charge in [-0.25, -0.2) is 9.59 Å². The van der Waals surface area contributed by atoms with Crippen LogP contribution < -0.4 is 16.0 Å². The topological polar surface area (TPSA) is 167 Å². The summed E-state index contributed by atoms with van der Waals surface area (Å²) in [5, 5.41) is 17.9. The fourth-order valence-corrected chi connectivity index (χ4v) is 5.58. The number of aliphatic carboxylic acids is 1. The van der Waals surface area contributed by atoms with Crippen molar-refractivity contribution in [2.45, 2.75) is 38.8 Å². The maximum Gasteiger partial charge on any atom is 0.328 e. The zero-order valence-electron chi connectivity index (χ0n) is 26.0. The first-order valence-electron chi connectivity index (χ1n) is 14.9. The Hall–Kier alpha value is -5.97. The fraction of sp³-hybridized carbons (Fsp3) is 0.194. The minimum atomic E-state index is -1.17. The van der Waals surface area contributed by atoms with Crippen molar-refractivity contribution < 1.29 is 33.8 Å². The van der Waals surface area contributed by atoms with Gasteiger partial charge in [0.15, 0.2) is 0 Å². The number of H-pyrrole nitrogens is 1. The van der Waals surface area contributed by atoms with Crippen LogP contribution in [0.4, 0.5) is 5.69 Å². The summed E-state index contributed by atoms with van der Waals surface area (Å²) >= 11 is 0. The van der Waals surface area contributed by atoms with Crippen LogP contribution in [0.3, 0.4) is 0 Å². The zero-order chi connectivity index (χ0) is 33.7. The molecule has 5 N–H and O–H groups in total. The number of rotatable bonds is 11. The minimum Gasteiger partial charge on any atom is -0.480 e. The Bertz CT molecular complexity index is 1880. The summed E-state index contributed by atoms with van der Waals surface area (Å²) in [6, 6.07) is 20.8. The number of hydrogen-bond acceptors (Lipinski definition) is 6. The molecular weight excluding hydrogens is 600 g/mol. The average Bonchev–Trinajstić information content (AvgIpc) is 3.53. The molecular formula is C36H34N4O7. The lowest BCUT2D eigenvalue weighted by Gasteiger charge is -2.17. The largest absolute Gasteiger partial charge is 0.480 e. The van der Waals surface area contributed by atoms with Crippen LogP contribution in [0.15, 0.2) is 78.9 Å². The smallest absolute Gasteiger partial charge is 0.328 e. The van der Waals surface area contributed by atoms with Gasteiger partial charge >= 0.3 is 11.9 Å². The summed E-state index contributed by atoms with van der Waals surface area (Å²) in [7, 11) is 1.26. The van der Waals surface area contributed by atoms with Crippen molar-refractivity contribution in [3.63, 3.8) is 0 Å². The maximum absolute atomic E-state index is 13.5. The number of nitrogens with one attached hydrogen (secondary N) is 4. The molecule has 0 spiro atoms. The SMILES string of the molecule is COC(=O)[C@H](Cc1ccccc1)NC(=O)c1c(C)[nH]c(/C=C2\C(=O)Nc3ccc(C(=O)N[C@H](Cc4ccccc4)C(=O)O)cc32)c1C. The van der Waals surface area contributed by atoms with Gasteiger partial charge in [-0.3, -0.25) is 14.4 Å². The van der Waals surface area contributed by atoms with E-state index in [1.54, 1.807) is 50.3 Å². The van der Waals surface area contributed by atoms with Gasteiger partial charge in [-0.2, -0.15) is 0 Å². The van der Waals surface area contributed by atoms with Gasteiger partial charge in [0.25, 0.3) is 17.7 Å². The number of aromatic amines is 1. The number of anilines is 1. The molecule has 5 rings (SSSR count). The molecule has 0 saturated carbocycles. The molecule has 11 nitrogen and oxygen atoms in total. The number of carbonyl (C=O) groups excluding carboxylic acids is 4. The molecule has 0 aliphatic carbocycles. The van der Waals surface area contributed by atoms with Crippen LogP contribution in [-0.4, -0.2) is 58.9 Å². The van der Waals surface area contributed by atoms with E-state index in [0.29, 0.717) is 33.8 Å². The Kier molecular flexibility index (Phi) is 9.65. The van der Waals surface area contributed by atoms with Gasteiger partial charge in [0, 0.05) is 41.0 Å². The lowest BCUT2D eigenvalue weighted by atomic mass is 10.0. The predicted octanol–water partition coefficient (Wildman–Crippen LogP) is 4.06. The highest BCUT2D eigenvalue weighted by atomic mass is 16.5. The molecule has 3 aromatic carbocycles. The number of carboxylic acids is 1. The second-order valence-electron chi connectivity index (χ2n) is 11.2. The number of benzene rings is 3. The maximum atomic E-state index is 13.5. The summed E-state index contributed by atoms with van der Waals surface area (Å²) in [5.74, 6) is -3.24. The van der Waals surface area contributed by atoms with Crippen LogP contribution in [0.25, 0.3) is 11.6 Å². The van der Waals surface area contributed by atoms with E-state index >= 15 is 0 Å². The molecule has 0 fully saturated rings. The number of aromatic nitrogens is 1. The third kappa shape index (κ3) is 7.30. The average molecular weight is 635 g/mol. The van der Waals surface area contributed by atoms with E-state index in [1.165, 1.54) is 19.2 Å². The first-order chi connectivity index (χ1) is 22.5. The number of carboxylic acid groups (broad SMARTS) is 1. The van der Waals surface area contributed by atoms with Crippen molar-refractivity contribution in [1.29, 1.82) is 0 Å². The van der Waals surface area contributed by atoms with E-state index in [9.17, 15) is 29.1 Å². The van der Waals surface area contributed by atoms with Crippen LogP contribution in [0.5, 0.6) is 0 Å². The Morgan fingerprint density at radius 2 is 1.45 bits per heavy atom. The van der Waals surface area contributed by atoms with Crippen LogP contribution in [0.2, 0.25) is 0 Å². The van der Waals surface area contributed by atoms with Crippen molar-refractivity contribution in [3.8, 4) is 0 Å². The Labute approximate surface area is 271 Å². The Balaban J connectivity index is 1.38. The number of fused-ring (bicyclic) bond motifs is 1. The third-order valence-electron chi connectivity index (χ3n) is 8.02. The second kappa shape index (κ2) is 14.0. The highest BCUT2D eigenvalue weighted by Gasteiger charge is 2.29. The molecule has 0 bridgehead atoms. The van der Waals surface area contributed by atoms with Crippen molar-refractivity contribution >= 4 is 47.0 Å². The molecule has 2 heterocycles. The quantitative estimate of drug-likeness (QED) is 0.123. The van der Waals surface area contributed by atoms with Gasteiger partial charge in [0.1, 0.15) is 12.1 Å². The summed E-state index contributed by atoms with van der Waals surface area (Å²) in [6.45, 7) is 3.44. The lowest BCUT2D eigenvalue weighted by molar-refractivity contribution is -0.143. The van der Waals surface area contributed by atoms with Gasteiger partial charge in [-0.15, -0.1) is 0 Å². The van der Waals surface area contributed by atoms with E-state index in [2.05, 4.69) is 20.9 Å². The van der Waals surface area contributed by atoms with Crippen molar-refractivity contribution in [1.82, 2.24) is 15.6 Å². The first kappa shape index (κ1) is 32.4. The molecule has 1 aliphatic rings. The fourth-order valence-electron chi connectivity index (χ4n) is 5.58. The van der Waals surface area contributed by atoms with Gasteiger partial charge < -0.3 is 30.8 Å². The first-order valence-corrected chi connectivity index (χ1v) is 14.9. The molecule has 4 aromatic rings. The van der Waals surface area contributed by atoms with Gasteiger partial charge in [-0.05, 0) is 54.8 Å². The highest BCUT2D eigenvalue weighted by Crippen LogP contribution is 2.35. The normalized spacial score (nSPS) is 14.1. The number of ether oxygens (including phenoxy) is 1. The molecule has 1 aromatic heterocycles.